The van der Waals surface area contributed by atoms with Gasteiger partial charge in [0, 0.05) is 18.8 Å². The molecule has 19 heavy (non-hydrogen) atoms. The van der Waals surface area contributed by atoms with E-state index in [1.807, 2.05) is 20.2 Å². The predicted octanol–water partition coefficient (Wildman–Crippen LogP) is 2.35. The maximum absolute atomic E-state index is 10.8. The minimum Gasteiger partial charge on any atom is -0.387 e. The Balaban J connectivity index is 1.98. The van der Waals surface area contributed by atoms with Gasteiger partial charge in [0.1, 0.15) is 6.10 Å². The van der Waals surface area contributed by atoms with Crippen molar-refractivity contribution in [3.63, 3.8) is 0 Å². The third-order valence-electron chi connectivity index (χ3n) is 5.16. The van der Waals surface area contributed by atoms with E-state index in [2.05, 4.69) is 11.2 Å². The lowest BCUT2D eigenvalue weighted by Gasteiger charge is -2.35. The monoisotopic (exact) mass is 259 g/mol. The SMILES string of the molecule is CCc1nn(C)cc1C(O)C1(C#N)CC2CCC1C2. The number of hydrogen-bond donors (Lipinski definition) is 1. The van der Waals surface area contributed by atoms with Crippen LogP contribution in [-0.4, -0.2) is 14.9 Å². The summed E-state index contributed by atoms with van der Waals surface area (Å²) in [5.41, 5.74) is 1.21. The van der Waals surface area contributed by atoms with Crippen LogP contribution in [0.1, 0.15) is 50.0 Å². The fourth-order valence-corrected chi connectivity index (χ4v) is 4.24. The average Bonchev–Trinajstić information content (AvgIpc) is 3.10. The first-order valence-electron chi connectivity index (χ1n) is 7.22. The van der Waals surface area contributed by atoms with Gasteiger partial charge < -0.3 is 5.11 Å². The first kappa shape index (κ1) is 12.7. The lowest BCUT2D eigenvalue weighted by molar-refractivity contribution is 0.0227. The van der Waals surface area contributed by atoms with Crippen LogP contribution in [0.2, 0.25) is 0 Å². The van der Waals surface area contributed by atoms with Crippen LogP contribution in [0.3, 0.4) is 0 Å². The van der Waals surface area contributed by atoms with Crippen LogP contribution >= 0.6 is 0 Å². The number of fused-ring (bicyclic) bond motifs is 2. The van der Waals surface area contributed by atoms with E-state index >= 15 is 0 Å². The summed E-state index contributed by atoms with van der Waals surface area (Å²) in [5.74, 6) is 1.00. The largest absolute Gasteiger partial charge is 0.387 e. The maximum atomic E-state index is 10.8. The van der Waals surface area contributed by atoms with Gasteiger partial charge in [-0.1, -0.05) is 13.3 Å². The predicted molar refractivity (Wildman–Crippen MR) is 71.0 cm³/mol. The molecule has 1 heterocycles. The topological polar surface area (TPSA) is 61.8 Å². The van der Waals surface area contributed by atoms with Gasteiger partial charge in [0.25, 0.3) is 0 Å². The molecular weight excluding hydrogens is 238 g/mol. The van der Waals surface area contributed by atoms with Crippen molar-refractivity contribution in [2.24, 2.45) is 24.3 Å². The standard InChI is InChI=1S/C15H21N3O/c1-3-13-12(8-18(2)17-13)14(19)15(9-16)7-10-4-5-11(15)6-10/h8,10-11,14,19H,3-7H2,1-2H3. The van der Waals surface area contributed by atoms with E-state index in [9.17, 15) is 10.4 Å². The molecule has 1 N–H and O–H groups in total. The molecule has 4 unspecified atom stereocenters. The van der Waals surface area contributed by atoms with Crippen LogP contribution < -0.4 is 0 Å². The van der Waals surface area contributed by atoms with Gasteiger partial charge in [-0.3, -0.25) is 4.68 Å². The zero-order chi connectivity index (χ0) is 13.6. The highest BCUT2D eigenvalue weighted by Crippen LogP contribution is 2.60. The van der Waals surface area contributed by atoms with Crippen LogP contribution in [0.4, 0.5) is 0 Å². The van der Waals surface area contributed by atoms with Gasteiger partial charge in [0.2, 0.25) is 0 Å². The molecule has 4 atom stereocenters. The number of aromatic nitrogens is 2. The zero-order valence-corrected chi connectivity index (χ0v) is 11.6. The number of rotatable bonds is 3. The summed E-state index contributed by atoms with van der Waals surface area (Å²) >= 11 is 0. The van der Waals surface area contributed by atoms with Crippen LogP contribution in [0.15, 0.2) is 6.20 Å². The van der Waals surface area contributed by atoms with Crippen molar-refractivity contribution >= 4 is 0 Å². The Morgan fingerprint density at radius 1 is 1.63 bits per heavy atom. The first-order chi connectivity index (χ1) is 9.10. The molecule has 0 spiro atoms. The third-order valence-corrected chi connectivity index (χ3v) is 5.16. The summed E-state index contributed by atoms with van der Waals surface area (Å²) < 4.78 is 1.75. The molecule has 0 amide bonds. The van der Waals surface area contributed by atoms with Crippen molar-refractivity contribution < 1.29 is 5.11 Å². The summed E-state index contributed by atoms with van der Waals surface area (Å²) in [6.07, 6.45) is 6.29. The van der Waals surface area contributed by atoms with Crippen molar-refractivity contribution in [2.45, 2.75) is 45.1 Å². The van der Waals surface area contributed by atoms with Gasteiger partial charge in [0.15, 0.2) is 0 Å². The molecule has 0 aromatic carbocycles. The maximum Gasteiger partial charge on any atom is 0.101 e. The first-order valence-corrected chi connectivity index (χ1v) is 7.22. The number of hydrogen-bond acceptors (Lipinski definition) is 3. The molecular formula is C15H21N3O. The van der Waals surface area contributed by atoms with Gasteiger partial charge in [-0.15, -0.1) is 0 Å². The van der Waals surface area contributed by atoms with Gasteiger partial charge in [-0.2, -0.15) is 10.4 Å². The number of nitriles is 1. The third kappa shape index (κ3) is 1.72. The van der Waals surface area contributed by atoms with E-state index in [1.54, 1.807) is 4.68 Å². The number of nitrogens with zero attached hydrogens (tertiary/aromatic N) is 3. The van der Waals surface area contributed by atoms with Gasteiger partial charge in [-0.05, 0) is 37.5 Å². The smallest absolute Gasteiger partial charge is 0.101 e. The van der Waals surface area contributed by atoms with Crippen molar-refractivity contribution in [3.05, 3.63) is 17.5 Å². The molecule has 2 saturated carbocycles. The van der Waals surface area contributed by atoms with Crippen molar-refractivity contribution in [1.82, 2.24) is 9.78 Å². The summed E-state index contributed by atoms with van der Waals surface area (Å²) in [6.45, 7) is 2.04. The second-order valence-corrected chi connectivity index (χ2v) is 6.19. The summed E-state index contributed by atoms with van der Waals surface area (Å²) in [7, 11) is 1.87. The van der Waals surface area contributed by atoms with Crippen LogP contribution in [0.25, 0.3) is 0 Å². The normalized spacial score (nSPS) is 34.4. The molecule has 3 rings (SSSR count). The van der Waals surface area contributed by atoms with E-state index in [-0.39, 0.29) is 0 Å². The van der Waals surface area contributed by atoms with Gasteiger partial charge in [-0.25, -0.2) is 0 Å². The second kappa shape index (κ2) is 4.35. The highest BCUT2D eigenvalue weighted by molar-refractivity contribution is 5.28. The Morgan fingerprint density at radius 2 is 2.42 bits per heavy atom. The molecule has 4 nitrogen and oxygen atoms in total. The van der Waals surface area contributed by atoms with E-state index in [0.29, 0.717) is 11.8 Å². The Morgan fingerprint density at radius 3 is 2.95 bits per heavy atom. The summed E-state index contributed by atoms with van der Waals surface area (Å²) in [4.78, 5) is 0. The summed E-state index contributed by atoms with van der Waals surface area (Å²) in [5, 5.41) is 24.9. The highest BCUT2D eigenvalue weighted by Gasteiger charge is 2.56. The lowest BCUT2D eigenvalue weighted by Crippen LogP contribution is -2.33. The second-order valence-electron chi connectivity index (χ2n) is 6.19. The summed E-state index contributed by atoms with van der Waals surface area (Å²) in [6, 6.07) is 2.48. The number of aliphatic hydroxyl groups excluding tert-OH is 1. The van der Waals surface area contributed by atoms with Crippen molar-refractivity contribution in [3.8, 4) is 6.07 Å². The Kier molecular flexibility index (Phi) is 2.90. The Bertz CT molecular complexity index is 530. The fraction of sp³-hybridized carbons (Fsp3) is 0.733. The fourth-order valence-electron chi connectivity index (χ4n) is 4.24. The van der Waals surface area contributed by atoms with E-state index in [4.69, 9.17) is 0 Å². The highest BCUT2D eigenvalue weighted by atomic mass is 16.3. The molecule has 102 valence electrons. The molecule has 1 aromatic heterocycles. The van der Waals surface area contributed by atoms with Crippen LogP contribution in [0.5, 0.6) is 0 Å². The Labute approximate surface area is 114 Å². The van der Waals surface area contributed by atoms with E-state index in [1.165, 1.54) is 6.42 Å². The lowest BCUT2D eigenvalue weighted by atomic mass is 9.68. The Hall–Kier alpha value is -1.34. The molecule has 2 fully saturated rings. The molecule has 2 aliphatic rings. The van der Waals surface area contributed by atoms with Crippen LogP contribution in [0, 0.1) is 28.6 Å². The quantitative estimate of drug-likeness (QED) is 0.906. The van der Waals surface area contributed by atoms with E-state index < -0.39 is 11.5 Å². The molecule has 2 aliphatic carbocycles. The van der Waals surface area contributed by atoms with Crippen LogP contribution in [-0.2, 0) is 13.5 Å². The zero-order valence-electron chi connectivity index (χ0n) is 11.6. The molecule has 1 aromatic rings. The molecule has 4 heteroatoms. The average molecular weight is 259 g/mol. The molecule has 0 radical (unpaired) electrons. The molecule has 0 saturated heterocycles. The minimum absolute atomic E-state index is 0.363. The molecule has 2 bridgehead atoms. The number of aliphatic hydroxyl groups is 1. The van der Waals surface area contributed by atoms with E-state index in [0.717, 1.165) is 36.9 Å². The number of aryl methyl sites for hydroxylation is 2. The van der Waals surface area contributed by atoms with Crippen molar-refractivity contribution in [1.29, 1.82) is 5.26 Å². The minimum atomic E-state index is -0.684. The van der Waals surface area contributed by atoms with Gasteiger partial charge in [0.05, 0.1) is 17.2 Å². The molecule has 0 aliphatic heterocycles. The van der Waals surface area contributed by atoms with Gasteiger partial charge >= 0.3 is 0 Å². The van der Waals surface area contributed by atoms with Crippen molar-refractivity contribution in [2.75, 3.05) is 0 Å².